The van der Waals surface area contributed by atoms with Crippen molar-refractivity contribution < 1.29 is 9.53 Å². The van der Waals surface area contributed by atoms with E-state index in [-0.39, 0.29) is 12.1 Å². The fraction of sp³-hybridized carbons (Fsp3) is 0.500. The molecule has 0 saturated carbocycles. The first-order valence-electron chi connectivity index (χ1n) is 7.65. The number of hydrogen-bond acceptors (Lipinski definition) is 4. The van der Waals surface area contributed by atoms with Gasteiger partial charge in [0.2, 0.25) is 0 Å². The quantitative estimate of drug-likeness (QED) is 0.887. The number of fused-ring (bicyclic) bond motifs is 1. The minimum atomic E-state index is -0.253. The monoisotopic (exact) mass is 300 g/mol. The number of anilines is 1. The molecule has 2 N–H and O–H groups in total. The highest BCUT2D eigenvalue weighted by atomic mass is 16.5. The number of ether oxygens (including phenoxy) is 1. The lowest BCUT2D eigenvalue weighted by atomic mass is 10.2. The van der Waals surface area contributed by atoms with Crippen LogP contribution in [0.3, 0.4) is 0 Å². The number of nitriles is 1. The second kappa shape index (κ2) is 6.77. The molecule has 3 rings (SSSR count). The molecule has 2 fully saturated rings. The number of benzene rings is 1. The maximum absolute atomic E-state index is 11.9. The molecule has 0 aromatic heterocycles. The maximum Gasteiger partial charge on any atom is 0.319 e. The van der Waals surface area contributed by atoms with E-state index in [2.05, 4.69) is 15.5 Å². The first kappa shape index (κ1) is 14.8. The SMILES string of the molecule is N#Cc1ccc(NC(=O)NCC2CN3CCCC3CO2)cc1. The van der Waals surface area contributed by atoms with Gasteiger partial charge in [-0.1, -0.05) is 0 Å². The van der Waals surface area contributed by atoms with Crippen molar-refractivity contribution in [2.75, 3.05) is 31.6 Å². The van der Waals surface area contributed by atoms with Crippen LogP contribution in [-0.4, -0.2) is 49.3 Å². The summed E-state index contributed by atoms with van der Waals surface area (Å²) < 4.78 is 5.80. The number of carbonyl (C=O) groups is 1. The second-order valence-corrected chi connectivity index (χ2v) is 5.77. The van der Waals surface area contributed by atoms with Gasteiger partial charge in [-0.3, -0.25) is 4.90 Å². The Labute approximate surface area is 130 Å². The van der Waals surface area contributed by atoms with E-state index >= 15 is 0 Å². The van der Waals surface area contributed by atoms with Gasteiger partial charge in [0.1, 0.15) is 0 Å². The third-order valence-corrected chi connectivity index (χ3v) is 4.22. The van der Waals surface area contributed by atoms with Crippen LogP contribution in [0.1, 0.15) is 18.4 Å². The average Bonchev–Trinajstić information content (AvgIpc) is 3.01. The Kier molecular flexibility index (Phi) is 4.56. The first-order chi connectivity index (χ1) is 10.7. The average molecular weight is 300 g/mol. The zero-order chi connectivity index (χ0) is 15.4. The molecule has 22 heavy (non-hydrogen) atoms. The molecule has 1 aromatic carbocycles. The van der Waals surface area contributed by atoms with Crippen molar-refractivity contribution in [1.29, 1.82) is 5.26 Å². The van der Waals surface area contributed by atoms with Crippen molar-refractivity contribution in [2.24, 2.45) is 0 Å². The van der Waals surface area contributed by atoms with Crippen LogP contribution >= 0.6 is 0 Å². The molecule has 2 saturated heterocycles. The van der Waals surface area contributed by atoms with Gasteiger partial charge in [0, 0.05) is 24.8 Å². The lowest BCUT2D eigenvalue weighted by Gasteiger charge is -2.35. The number of carbonyl (C=O) groups excluding carboxylic acids is 1. The third kappa shape index (κ3) is 3.56. The predicted molar refractivity (Wildman–Crippen MR) is 82.5 cm³/mol. The van der Waals surface area contributed by atoms with Gasteiger partial charge in [-0.15, -0.1) is 0 Å². The van der Waals surface area contributed by atoms with Gasteiger partial charge in [0.25, 0.3) is 0 Å². The zero-order valence-corrected chi connectivity index (χ0v) is 12.4. The van der Waals surface area contributed by atoms with E-state index in [1.165, 1.54) is 12.8 Å². The second-order valence-electron chi connectivity index (χ2n) is 5.77. The molecule has 2 amide bonds. The number of rotatable bonds is 3. The molecule has 0 aliphatic carbocycles. The normalized spacial score (nSPS) is 24.3. The largest absolute Gasteiger partial charge is 0.373 e. The summed E-state index contributed by atoms with van der Waals surface area (Å²) in [5, 5.41) is 14.3. The number of hydrogen-bond donors (Lipinski definition) is 2. The minimum Gasteiger partial charge on any atom is -0.373 e. The van der Waals surface area contributed by atoms with Gasteiger partial charge < -0.3 is 15.4 Å². The van der Waals surface area contributed by atoms with E-state index in [0.29, 0.717) is 23.8 Å². The number of amides is 2. The predicted octanol–water partition coefficient (Wildman–Crippen LogP) is 1.54. The molecular formula is C16H20N4O2. The fourth-order valence-electron chi connectivity index (χ4n) is 3.02. The van der Waals surface area contributed by atoms with Crippen LogP contribution in [0.25, 0.3) is 0 Å². The van der Waals surface area contributed by atoms with E-state index in [9.17, 15) is 4.79 Å². The van der Waals surface area contributed by atoms with Gasteiger partial charge in [-0.05, 0) is 43.7 Å². The van der Waals surface area contributed by atoms with Crippen LogP contribution in [0.5, 0.6) is 0 Å². The molecule has 2 unspecified atom stereocenters. The number of nitrogens with zero attached hydrogens (tertiary/aromatic N) is 2. The van der Waals surface area contributed by atoms with Crippen LogP contribution in [0.15, 0.2) is 24.3 Å². The van der Waals surface area contributed by atoms with E-state index in [1.807, 2.05) is 6.07 Å². The highest BCUT2D eigenvalue weighted by molar-refractivity contribution is 5.89. The molecule has 2 heterocycles. The Morgan fingerprint density at radius 3 is 3.00 bits per heavy atom. The summed E-state index contributed by atoms with van der Waals surface area (Å²) in [5.41, 5.74) is 1.24. The molecule has 0 spiro atoms. The van der Waals surface area contributed by atoms with Gasteiger partial charge in [-0.25, -0.2) is 4.79 Å². The molecule has 116 valence electrons. The van der Waals surface area contributed by atoms with E-state index < -0.39 is 0 Å². The molecule has 0 bridgehead atoms. The first-order valence-corrected chi connectivity index (χ1v) is 7.65. The summed E-state index contributed by atoms with van der Waals surface area (Å²) in [5.74, 6) is 0. The number of nitrogens with one attached hydrogen (secondary N) is 2. The Bertz CT molecular complexity index is 567. The van der Waals surface area contributed by atoms with Crippen LogP contribution in [0, 0.1) is 11.3 Å². The smallest absolute Gasteiger partial charge is 0.319 e. The third-order valence-electron chi connectivity index (χ3n) is 4.22. The minimum absolute atomic E-state index is 0.0565. The molecule has 2 atom stereocenters. The lowest BCUT2D eigenvalue weighted by molar-refractivity contribution is -0.0456. The Morgan fingerprint density at radius 2 is 2.23 bits per heavy atom. The zero-order valence-electron chi connectivity index (χ0n) is 12.4. The molecule has 6 heteroatoms. The Morgan fingerprint density at radius 1 is 1.41 bits per heavy atom. The lowest BCUT2D eigenvalue weighted by Crippen LogP contribution is -2.50. The molecule has 6 nitrogen and oxygen atoms in total. The summed E-state index contributed by atoms with van der Waals surface area (Å²) in [6.07, 6.45) is 2.52. The standard InChI is InChI=1S/C16H20N4O2/c17-8-12-3-5-13(6-4-12)19-16(21)18-9-15-10-20-7-1-2-14(20)11-22-15/h3-6,14-15H,1-2,7,9-11H2,(H2,18,19,21). The van der Waals surface area contributed by atoms with Crippen molar-refractivity contribution >= 4 is 11.7 Å². The molecule has 1 aromatic rings. The van der Waals surface area contributed by atoms with E-state index in [1.54, 1.807) is 24.3 Å². The molecule has 2 aliphatic heterocycles. The van der Waals surface area contributed by atoms with Crippen molar-refractivity contribution in [3.05, 3.63) is 29.8 Å². The van der Waals surface area contributed by atoms with Crippen molar-refractivity contribution in [3.63, 3.8) is 0 Å². The Hall–Kier alpha value is -2.10. The van der Waals surface area contributed by atoms with Gasteiger partial charge in [0.15, 0.2) is 0 Å². The highest BCUT2D eigenvalue weighted by Crippen LogP contribution is 2.22. The van der Waals surface area contributed by atoms with E-state index in [0.717, 1.165) is 19.7 Å². The van der Waals surface area contributed by atoms with Gasteiger partial charge in [0.05, 0.1) is 24.3 Å². The Balaban J connectivity index is 1.43. The van der Waals surface area contributed by atoms with Gasteiger partial charge >= 0.3 is 6.03 Å². The van der Waals surface area contributed by atoms with Crippen molar-refractivity contribution in [1.82, 2.24) is 10.2 Å². The van der Waals surface area contributed by atoms with Crippen LogP contribution in [0.2, 0.25) is 0 Å². The number of urea groups is 1. The summed E-state index contributed by atoms with van der Waals surface area (Å²) >= 11 is 0. The topological polar surface area (TPSA) is 77.4 Å². The summed E-state index contributed by atoms with van der Waals surface area (Å²) in [7, 11) is 0. The summed E-state index contributed by atoms with van der Waals surface area (Å²) in [4.78, 5) is 14.3. The fourth-order valence-corrected chi connectivity index (χ4v) is 3.02. The number of morpholine rings is 1. The summed E-state index contributed by atoms with van der Waals surface area (Å²) in [6.45, 7) is 3.30. The summed E-state index contributed by atoms with van der Waals surface area (Å²) in [6, 6.07) is 9.14. The van der Waals surface area contributed by atoms with Crippen LogP contribution in [0.4, 0.5) is 10.5 Å². The van der Waals surface area contributed by atoms with Crippen molar-refractivity contribution in [3.8, 4) is 6.07 Å². The maximum atomic E-state index is 11.9. The molecule has 0 radical (unpaired) electrons. The van der Waals surface area contributed by atoms with Crippen molar-refractivity contribution in [2.45, 2.75) is 25.0 Å². The molecular weight excluding hydrogens is 280 g/mol. The van der Waals surface area contributed by atoms with Crippen LogP contribution in [-0.2, 0) is 4.74 Å². The van der Waals surface area contributed by atoms with Gasteiger partial charge in [-0.2, -0.15) is 5.26 Å². The highest BCUT2D eigenvalue weighted by Gasteiger charge is 2.32. The van der Waals surface area contributed by atoms with Crippen LogP contribution < -0.4 is 10.6 Å². The molecule has 2 aliphatic rings. The van der Waals surface area contributed by atoms with E-state index in [4.69, 9.17) is 10.00 Å².